The third-order valence-electron chi connectivity index (χ3n) is 6.86. The SMILES string of the molecule is CCc1ccc(C(=O)C(C)OC(=O)c2c3c(nc4ccccc24)C(=Cc2ccc(C)cc2)CC3)cc1. The molecule has 1 unspecified atom stereocenters. The van der Waals surface area contributed by atoms with Crippen LogP contribution in [0.3, 0.4) is 0 Å². The summed E-state index contributed by atoms with van der Waals surface area (Å²) in [6, 6.07) is 23.5. The predicted molar refractivity (Wildman–Crippen MR) is 144 cm³/mol. The fourth-order valence-electron chi connectivity index (χ4n) is 4.79. The van der Waals surface area contributed by atoms with Crippen LogP contribution in [-0.2, 0) is 17.6 Å². The van der Waals surface area contributed by atoms with E-state index in [1.54, 1.807) is 19.1 Å². The number of benzene rings is 3. The van der Waals surface area contributed by atoms with Crippen molar-refractivity contribution in [3.05, 3.63) is 112 Å². The topological polar surface area (TPSA) is 56.3 Å². The second-order valence-corrected chi connectivity index (χ2v) is 9.37. The van der Waals surface area contributed by atoms with Crippen LogP contribution in [0.1, 0.15) is 68.9 Å². The molecule has 0 bridgehead atoms. The van der Waals surface area contributed by atoms with Crippen molar-refractivity contribution in [1.82, 2.24) is 4.98 Å². The van der Waals surface area contributed by atoms with Crippen molar-refractivity contribution < 1.29 is 14.3 Å². The minimum absolute atomic E-state index is 0.207. The van der Waals surface area contributed by atoms with Gasteiger partial charge in [-0.3, -0.25) is 4.79 Å². The average molecular weight is 476 g/mol. The van der Waals surface area contributed by atoms with Gasteiger partial charge in [-0.25, -0.2) is 9.78 Å². The number of esters is 1. The molecule has 1 aliphatic rings. The number of ketones is 1. The van der Waals surface area contributed by atoms with Gasteiger partial charge in [-0.1, -0.05) is 79.2 Å². The number of para-hydroxylation sites is 1. The highest BCUT2D eigenvalue weighted by molar-refractivity contribution is 6.08. The van der Waals surface area contributed by atoms with Gasteiger partial charge in [0.2, 0.25) is 5.78 Å². The van der Waals surface area contributed by atoms with Gasteiger partial charge < -0.3 is 4.74 Å². The van der Waals surface area contributed by atoms with E-state index >= 15 is 0 Å². The normalized spacial score (nSPS) is 14.6. The highest BCUT2D eigenvalue weighted by Crippen LogP contribution is 2.38. The molecule has 1 atom stereocenters. The van der Waals surface area contributed by atoms with Gasteiger partial charge in [-0.15, -0.1) is 0 Å². The Hall–Kier alpha value is -4.05. The number of carbonyl (C=O) groups is 2. The molecule has 1 aromatic heterocycles. The average Bonchev–Trinajstić information content (AvgIpc) is 3.29. The maximum Gasteiger partial charge on any atom is 0.339 e. The lowest BCUT2D eigenvalue weighted by atomic mass is 10.00. The molecule has 5 rings (SSSR count). The van der Waals surface area contributed by atoms with Crippen molar-refractivity contribution in [2.45, 2.75) is 46.1 Å². The molecule has 4 aromatic rings. The number of ether oxygens (including phenoxy) is 1. The number of aromatic nitrogens is 1. The summed E-state index contributed by atoms with van der Waals surface area (Å²) in [5.74, 6) is -0.687. The van der Waals surface area contributed by atoms with Crippen LogP contribution in [0.4, 0.5) is 0 Å². The summed E-state index contributed by atoms with van der Waals surface area (Å²) in [6.45, 7) is 5.78. The molecule has 0 aliphatic heterocycles. The molecule has 0 saturated carbocycles. The number of fused-ring (bicyclic) bond motifs is 2. The molecular formula is C32H29NO3. The van der Waals surface area contributed by atoms with Crippen molar-refractivity contribution >= 4 is 34.3 Å². The molecule has 0 N–H and O–H groups in total. The Morgan fingerprint density at radius 2 is 1.69 bits per heavy atom. The Kier molecular flexibility index (Phi) is 6.51. The fraction of sp³-hybridized carbons (Fsp3) is 0.219. The summed E-state index contributed by atoms with van der Waals surface area (Å²) >= 11 is 0. The molecule has 36 heavy (non-hydrogen) atoms. The van der Waals surface area contributed by atoms with E-state index in [0.717, 1.165) is 51.7 Å². The first-order valence-corrected chi connectivity index (χ1v) is 12.5. The quantitative estimate of drug-likeness (QED) is 0.222. The predicted octanol–water partition coefficient (Wildman–Crippen LogP) is 7.02. The van der Waals surface area contributed by atoms with Gasteiger partial charge in [0.15, 0.2) is 6.10 Å². The number of pyridine rings is 1. The Morgan fingerprint density at radius 1 is 0.972 bits per heavy atom. The van der Waals surface area contributed by atoms with E-state index < -0.39 is 12.1 Å². The van der Waals surface area contributed by atoms with Gasteiger partial charge in [0.05, 0.1) is 16.8 Å². The van der Waals surface area contributed by atoms with Gasteiger partial charge in [0.1, 0.15) is 0 Å². The Balaban J connectivity index is 1.49. The van der Waals surface area contributed by atoms with Crippen molar-refractivity contribution in [3.63, 3.8) is 0 Å². The number of carbonyl (C=O) groups excluding carboxylic acids is 2. The molecule has 4 nitrogen and oxygen atoms in total. The first kappa shape index (κ1) is 23.7. The highest BCUT2D eigenvalue weighted by Gasteiger charge is 2.29. The zero-order valence-corrected chi connectivity index (χ0v) is 20.9. The van der Waals surface area contributed by atoms with E-state index in [1.807, 2.05) is 36.4 Å². The zero-order valence-electron chi connectivity index (χ0n) is 20.9. The fourth-order valence-corrected chi connectivity index (χ4v) is 4.79. The third kappa shape index (κ3) is 4.59. The van der Waals surface area contributed by atoms with Crippen LogP contribution in [0.5, 0.6) is 0 Å². The van der Waals surface area contributed by atoms with Crippen LogP contribution in [0.25, 0.3) is 22.6 Å². The van der Waals surface area contributed by atoms with Crippen LogP contribution in [-0.4, -0.2) is 22.8 Å². The van der Waals surface area contributed by atoms with Crippen LogP contribution in [0, 0.1) is 6.92 Å². The van der Waals surface area contributed by atoms with Crippen LogP contribution in [0.15, 0.2) is 72.8 Å². The molecule has 1 aliphatic carbocycles. The number of allylic oxidation sites excluding steroid dienone is 1. The third-order valence-corrected chi connectivity index (χ3v) is 6.86. The van der Waals surface area contributed by atoms with E-state index in [2.05, 4.69) is 44.2 Å². The molecule has 0 radical (unpaired) electrons. The Labute approximate surface area is 211 Å². The number of aryl methyl sites for hydroxylation is 2. The van der Waals surface area contributed by atoms with E-state index in [1.165, 1.54) is 5.56 Å². The Bertz CT molecular complexity index is 1480. The van der Waals surface area contributed by atoms with Gasteiger partial charge >= 0.3 is 5.97 Å². The molecule has 0 spiro atoms. The van der Waals surface area contributed by atoms with Gasteiger partial charge in [-0.2, -0.15) is 0 Å². The smallest absolute Gasteiger partial charge is 0.339 e. The lowest BCUT2D eigenvalue weighted by Crippen LogP contribution is -2.25. The van der Waals surface area contributed by atoms with E-state index in [-0.39, 0.29) is 5.78 Å². The number of nitrogens with zero attached hydrogens (tertiary/aromatic N) is 1. The van der Waals surface area contributed by atoms with Crippen molar-refractivity contribution in [2.24, 2.45) is 0 Å². The summed E-state index contributed by atoms with van der Waals surface area (Å²) in [6.07, 6.45) is 3.66. The van der Waals surface area contributed by atoms with Gasteiger partial charge in [-0.05, 0) is 67.5 Å². The number of hydrogen-bond acceptors (Lipinski definition) is 4. The zero-order chi connectivity index (χ0) is 25.2. The Morgan fingerprint density at radius 3 is 2.42 bits per heavy atom. The largest absolute Gasteiger partial charge is 0.451 e. The molecule has 0 saturated heterocycles. The second kappa shape index (κ2) is 9.90. The summed E-state index contributed by atoms with van der Waals surface area (Å²) < 4.78 is 5.77. The summed E-state index contributed by atoms with van der Waals surface area (Å²) in [4.78, 5) is 31.5. The maximum atomic E-state index is 13.5. The van der Waals surface area contributed by atoms with Crippen molar-refractivity contribution in [3.8, 4) is 0 Å². The van der Waals surface area contributed by atoms with Crippen molar-refractivity contribution in [1.29, 1.82) is 0 Å². The lowest BCUT2D eigenvalue weighted by Gasteiger charge is -2.16. The molecule has 4 heteroatoms. The van der Waals surface area contributed by atoms with E-state index in [4.69, 9.17) is 9.72 Å². The molecule has 0 amide bonds. The number of hydrogen-bond donors (Lipinski definition) is 0. The minimum Gasteiger partial charge on any atom is -0.451 e. The summed E-state index contributed by atoms with van der Waals surface area (Å²) in [5, 5.41) is 0.754. The molecule has 180 valence electrons. The maximum absolute atomic E-state index is 13.5. The molecule has 0 fully saturated rings. The molecule has 3 aromatic carbocycles. The van der Waals surface area contributed by atoms with E-state index in [0.29, 0.717) is 17.5 Å². The number of rotatable bonds is 6. The van der Waals surface area contributed by atoms with Gasteiger partial charge in [0, 0.05) is 10.9 Å². The first-order valence-electron chi connectivity index (χ1n) is 12.5. The molecular weight excluding hydrogens is 446 g/mol. The lowest BCUT2D eigenvalue weighted by molar-refractivity contribution is 0.0319. The monoisotopic (exact) mass is 475 g/mol. The number of Topliss-reactive ketones (excluding diaryl/α,β-unsaturated/α-hetero) is 1. The van der Waals surface area contributed by atoms with Gasteiger partial charge in [0.25, 0.3) is 0 Å². The highest BCUT2D eigenvalue weighted by atomic mass is 16.5. The van der Waals surface area contributed by atoms with Crippen LogP contribution >= 0.6 is 0 Å². The summed E-state index contributed by atoms with van der Waals surface area (Å²) in [7, 11) is 0. The van der Waals surface area contributed by atoms with E-state index in [9.17, 15) is 9.59 Å². The second-order valence-electron chi connectivity index (χ2n) is 9.37. The van der Waals surface area contributed by atoms with Crippen LogP contribution in [0.2, 0.25) is 0 Å². The van der Waals surface area contributed by atoms with Crippen LogP contribution < -0.4 is 0 Å². The first-order chi connectivity index (χ1) is 17.4. The minimum atomic E-state index is -0.892. The van der Waals surface area contributed by atoms with Crippen molar-refractivity contribution in [2.75, 3.05) is 0 Å². The summed E-state index contributed by atoms with van der Waals surface area (Å²) in [5.41, 5.74) is 8.12. The molecule has 1 heterocycles. The standard InChI is InChI=1S/C32H29NO3/c1-4-22-13-15-24(16-14-22)31(34)21(3)36-32(35)29-26-7-5-6-8-28(26)33-30-25(17-18-27(29)30)19-23-11-9-20(2)10-12-23/h5-16,19,21H,4,17-18H2,1-3H3.